The van der Waals surface area contributed by atoms with Gasteiger partial charge in [0.2, 0.25) is 0 Å². The van der Waals surface area contributed by atoms with Crippen molar-refractivity contribution in [1.82, 2.24) is 19.7 Å². The fourth-order valence-electron chi connectivity index (χ4n) is 4.66. The summed E-state index contributed by atoms with van der Waals surface area (Å²) >= 11 is 0. The number of benzene rings is 2. The van der Waals surface area contributed by atoms with Gasteiger partial charge in [0.05, 0.1) is 17.5 Å². The zero-order chi connectivity index (χ0) is 22.2. The van der Waals surface area contributed by atoms with E-state index in [-0.39, 0.29) is 6.04 Å². The fraction of sp³-hybridized carbons (Fsp3) is 0.308. The molecule has 6 rings (SSSR count). The Labute approximate surface area is 192 Å². The summed E-state index contributed by atoms with van der Waals surface area (Å²) in [5.74, 6) is 2.87. The summed E-state index contributed by atoms with van der Waals surface area (Å²) in [6.07, 6.45) is 9.30. The molecule has 2 N–H and O–H groups in total. The van der Waals surface area contributed by atoms with Gasteiger partial charge in [-0.25, -0.2) is 14.6 Å². The molecule has 2 aliphatic rings. The van der Waals surface area contributed by atoms with Gasteiger partial charge in [0.25, 0.3) is 0 Å². The van der Waals surface area contributed by atoms with Gasteiger partial charge in [-0.3, -0.25) is 4.99 Å². The van der Waals surface area contributed by atoms with Gasteiger partial charge in [-0.1, -0.05) is 31.0 Å². The van der Waals surface area contributed by atoms with Crippen molar-refractivity contribution >= 4 is 23.1 Å². The second kappa shape index (κ2) is 8.31. The molecule has 0 bridgehead atoms. The smallest absolute Gasteiger partial charge is 0.164 e. The predicted molar refractivity (Wildman–Crippen MR) is 130 cm³/mol. The summed E-state index contributed by atoms with van der Waals surface area (Å²) < 4.78 is 7.98. The molecule has 7 heteroatoms. The summed E-state index contributed by atoms with van der Waals surface area (Å²) in [5, 5.41) is 5.82. The Morgan fingerprint density at radius 2 is 1.76 bits per heavy atom. The summed E-state index contributed by atoms with van der Waals surface area (Å²) in [7, 11) is 0. The van der Waals surface area contributed by atoms with Crippen molar-refractivity contribution in [2.24, 2.45) is 10.9 Å². The standard InChI is InChI=1S/C26H26N6O/c27-25-23-24(18-8-10-22(11-9-18)33-21-4-2-1-3-5-21)31-32(26(23)30-16-29-25)20-12-13-28-19(15-20)14-17-6-7-17/h1-5,8-11,13,16-17,19-20H,6-7,12,14-15H2,(H2,27,29,30)/t19-,20?/m1/s1. The van der Waals surface area contributed by atoms with Gasteiger partial charge >= 0.3 is 0 Å². The minimum atomic E-state index is 0.220. The number of fused-ring (bicyclic) bond motifs is 1. The van der Waals surface area contributed by atoms with Crippen molar-refractivity contribution in [3.63, 3.8) is 0 Å². The lowest BCUT2D eigenvalue weighted by Crippen LogP contribution is -2.22. The quantitative estimate of drug-likeness (QED) is 0.433. The highest BCUT2D eigenvalue weighted by atomic mass is 16.5. The van der Waals surface area contributed by atoms with Crippen LogP contribution < -0.4 is 10.5 Å². The molecule has 33 heavy (non-hydrogen) atoms. The van der Waals surface area contributed by atoms with E-state index in [1.165, 1.54) is 25.6 Å². The van der Waals surface area contributed by atoms with Crippen LogP contribution in [0.2, 0.25) is 0 Å². The maximum absolute atomic E-state index is 6.32. The molecule has 166 valence electrons. The van der Waals surface area contributed by atoms with Gasteiger partial charge in [0, 0.05) is 18.2 Å². The third kappa shape index (κ3) is 4.06. The van der Waals surface area contributed by atoms with Gasteiger partial charge in [-0.15, -0.1) is 0 Å². The number of anilines is 1. The van der Waals surface area contributed by atoms with Crippen molar-refractivity contribution < 1.29 is 4.74 Å². The van der Waals surface area contributed by atoms with Crippen LogP contribution in [0.3, 0.4) is 0 Å². The zero-order valence-electron chi connectivity index (χ0n) is 18.3. The highest BCUT2D eigenvalue weighted by Gasteiger charge is 2.30. The topological polar surface area (TPSA) is 91.2 Å². The van der Waals surface area contributed by atoms with Gasteiger partial charge in [0.15, 0.2) is 5.65 Å². The maximum atomic E-state index is 6.32. The van der Waals surface area contributed by atoms with Crippen molar-refractivity contribution in [1.29, 1.82) is 0 Å². The van der Waals surface area contributed by atoms with Crippen LogP contribution in [-0.2, 0) is 0 Å². The van der Waals surface area contributed by atoms with E-state index in [4.69, 9.17) is 20.6 Å². The van der Waals surface area contributed by atoms with E-state index in [0.29, 0.717) is 11.9 Å². The summed E-state index contributed by atoms with van der Waals surface area (Å²) in [6.45, 7) is 0. The van der Waals surface area contributed by atoms with Gasteiger partial charge in [-0.05, 0) is 55.2 Å². The average Bonchev–Trinajstić information content (AvgIpc) is 3.57. The normalized spacial score (nSPS) is 20.2. The highest BCUT2D eigenvalue weighted by Crippen LogP contribution is 2.39. The molecule has 0 spiro atoms. The van der Waals surface area contributed by atoms with Gasteiger partial charge < -0.3 is 10.5 Å². The summed E-state index contributed by atoms with van der Waals surface area (Å²) in [6, 6.07) is 18.3. The van der Waals surface area contributed by atoms with E-state index in [1.807, 2.05) is 59.3 Å². The number of aromatic nitrogens is 4. The van der Waals surface area contributed by atoms with Crippen LogP contribution >= 0.6 is 0 Å². The first-order valence-electron chi connectivity index (χ1n) is 11.6. The Kier molecular flexibility index (Phi) is 5.02. The molecule has 2 aromatic carbocycles. The van der Waals surface area contributed by atoms with E-state index in [2.05, 4.69) is 16.2 Å². The molecule has 0 amide bonds. The Bertz CT molecular complexity index is 1290. The SMILES string of the molecule is Nc1ncnc2c1c(-c1ccc(Oc3ccccc3)cc1)nn2C1CC=N[C@H](CC2CC2)C1. The minimum Gasteiger partial charge on any atom is -0.457 e. The van der Waals surface area contributed by atoms with Crippen LogP contribution in [0.1, 0.15) is 38.1 Å². The molecule has 2 atom stereocenters. The van der Waals surface area contributed by atoms with E-state index in [0.717, 1.165) is 52.5 Å². The number of nitrogens with zero attached hydrogens (tertiary/aromatic N) is 5. The van der Waals surface area contributed by atoms with Crippen molar-refractivity contribution in [3.8, 4) is 22.8 Å². The Hall–Kier alpha value is -3.74. The summed E-state index contributed by atoms with van der Waals surface area (Å²) in [5.41, 5.74) is 8.86. The first-order chi connectivity index (χ1) is 16.2. The Morgan fingerprint density at radius 3 is 2.55 bits per heavy atom. The van der Waals surface area contributed by atoms with E-state index < -0.39 is 0 Å². The van der Waals surface area contributed by atoms with Gasteiger partial charge in [0.1, 0.15) is 29.3 Å². The first-order valence-corrected chi connectivity index (χ1v) is 11.6. The lowest BCUT2D eigenvalue weighted by Gasteiger charge is -2.24. The van der Waals surface area contributed by atoms with Crippen LogP contribution in [0.5, 0.6) is 11.5 Å². The van der Waals surface area contributed by atoms with Crippen molar-refractivity contribution in [2.75, 3.05) is 5.73 Å². The predicted octanol–water partition coefficient (Wildman–Crippen LogP) is 5.44. The monoisotopic (exact) mass is 438 g/mol. The summed E-state index contributed by atoms with van der Waals surface area (Å²) in [4.78, 5) is 13.6. The lowest BCUT2D eigenvalue weighted by atomic mass is 9.98. The van der Waals surface area contributed by atoms with E-state index in [1.54, 1.807) is 0 Å². The molecule has 0 saturated heterocycles. The number of hydrogen-bond donors (Lipinski definition) is 1. The number of nitrogen functional groups attached to an aromatic ring is 1. The number of aliphatic imine (C=N–C) groups is 1. The zero-order valence-corrected chi connectivity index (χ0v) is 18.3. The molecule has 2 aromatic heterocycles. The van der Waals surface area contributed by atoms with Crippen LogP contribution in [0.4, 0.5) is 5.82 Å². The average molecular weight is 439 g/mol. The van der Waals surface area contributed by atoms with Crippen LogP contribution in [0.15, 0.2) is 65.9 Å². The fourth-order valence-corrected chi connectivity index (χ4v) is 4.66. The van der Waals surface area contributed by atoms with Crippen molar-refractivity contribution in [2.45, 2.75) is 44.2 Å². The largest absolute Gasteiger partial charge is 0.457 e. The second-order valence-electron chi connectivity index (χ2n) is 8.98. The molecule has 1 aliphatic carbocycles. The number of rotatable bonds is 6. The van der Waals surface area contributed by atoms with Crippen LogP contribution in [0, 0.1) is 5.92 Å². The van der Waals surface area contributed by atoms with Gasteiger partial charge in [-0.2, -0.15) is 5.10 Å². The minimum absolute atomic E-state index is 0.220. The molecular formula is C26H26N6O. The van der Waals surface area contributed by atoms with Crippen LogP contribution in [-0.4, -0.2) is 32.0 Å². The molecular weight excluding hydrogens is 412 g/mol. The van der Waals surface area contributed by atoms with E-state index in [9.17, 15) is 0 Å². The number of ether oxygens (including phenoxy) is 1. The number of nitrogens with two attached hydrogens (primary N) is 1. The molecule has 7 nitrogen and oxygen atoms in total. The highest BCUT2D eigenvalue weighted by molar-refractivity contribution is 5.98. The Morgan fingerprint density at radius 1 is 0.970 bits per heavy atom. The molecule has 4 aromatic rings. The van der Waals surface area contributed by atoms with Crippen molar-refractivity contribution in [3.05, 3.63) is 60.9 Å². The maximum Gasteiger partial charge on any atom is 0.164 e. The third-order valence-electron chi connectivity index (χ3n) is 6.51. The lowest BCUT2D eigenvalue weighted by molar-refractivity contribution is 0.377. The second-order valence-corrected chi connectivity index (χ2v) is 8.98. The first kappa shape index (κ1) is 19.9. The number of hydrogen-bond acceptors (Lipinski definition) is 6. The molecule has 1 unspecified atom stereocenters. The molecule has 1 aliphatic heterocycles. The molecule has 1 fully saturated rings. The third-order valence-corrected chi connectivity index (χ3v) is 6.51. The molecule has 0 radical (unpaired) electrons. The Balaban J connectivity index is 1.33. The molecule has 3 heterocycles. The number of para-hydroxylation sites is 1. The van der Waals surface area contributed by atoms with E-state index >= 15 is 0 Å². The molecule has 1 saturated carbocycles. The van der Waals surface area contributed by atoms with Crippen LogP contribution in [0.25, 0.3) is 22.3 Å².